The lowest BCUT2D eigenvalue weighted by molar-refractivity contribution is -0.180. The summed E-state index contributed by atoms with van der Waals surface area (Å²) in [7, 11) is 1.35. The van der Waals surface area contributed by atoms with Crippen molar-refractivity contribution in [2.45, 2.75) is 6.10 Å². The lowest BCUT2D eigenvalue weighted by atomic mass is 10.1. The zero-order valence-electron chi connectivity index (χ0n) is 12.3. The van der Waals surface area contributed by atoms with Crippen LogP contribution >= 0.6 is 0 Å². The number of methoxy groups -OCH3 is 1. The van der Waals surface area contributed by atoms with Crippen LogP contribution in [-0.4, -0.2) is 30.0 Å². The molecule has 0 saturated carbocycles. The maximum Gasteiger partial charge on any atom is 0.366 e. The molecular weight excluding hydrogens is 298 g/mol. The van der Waals surface area contributed by atoms with Gasteiger partial charge in [-0.2, -0.15) is 0 Å². The van der Waals surface area contributed by atoms with Crippen molar-refractivity contribution in [3.05, 3.63) is 71.3 Å². The second kappa shape index (κ2) is 6.02. The van der Waals surface area contributed by atoms with Gasteiger partial charge in [0.2, 0.25) is 0 Å². The largest absolute Gasteiger partial charge is 0.366 e. The average molecular weight is 311 g/mol. The van der Waals surface area contributed by atoms with Crippen molar-refractivity contribution in [3.63, 3.8) is 0 Å². The summed E-state index contributed by atoms with van der Waals surface area (Å²) in [5, 5.41) is 0.474. The Morgan fingerprint density at radius 2 is 1.43 bits per heavy atom. The third kappa shape index (κ3) is 2.60. The number of hydrogen-bond donors (Lipinski definition) is 0. The number of rotatable bonds is 4. The van der Waals surface area contributed by atoms with Crippen LogP contribution in [0.25, 0.3) is 0 Å². The monoisotopic (exact) mass is 311 g/mol. The van der Waals surface area contributed by atoms with Crippen LogP contribution in [-0.2, 0) is 14.4 Å². The minimum absolute atomic E-state index is 0.207. The van der Waals surface area contributed by atoms with Crippen molar-refractivity contribution in [3.8, 4) is 0 Å². The van der Waals surface area contributed by atoms with Gasteiger partial charge in [0.15, 0.2) is 6.10 Å². The van der Waals surface area contributed by atoms with Gasteiger partial charge in [0.05, 0.1) is 11.1 Å². The third-order valence-electron chi connectivity index (χ3n) is 3.49. The second-order valence-electron chi connectivity index (χ2n) is 4.89. The topological polar surface area (TPSA) is 72.9 Å². The van der Waals surface area contributed by atoms with Gasteiger partial charge in [-0.1, -0.05) is 47.5 Å². The lowest BCUT2D eigenvalue weighted by Crippen LogP contribution is -2.35. The van der Waals surface area contributed by atoms with Crippen LogP contribution in [0.5, 0.6) is 0 Å². The van der Waals surface area contributed by atoms with Crippen LogP contribution in [0.3, 0.4) is 0 Å². The minimum Gasteiger partial charge on any atom is -0.365 e. The van der Waals surface area contributed by atoms with Crippen LogP contribution in [0, 0.1) is 0 Å². The molecule has 0 aromatic heterocycles. The fourth-order valence-corrected chi connectivity index (χ4v) is 2.38. The molecule has 0 saturated heterocycles. The van der Waals surface area contributed by atoms with Gasteiger partial charge in [-0.15, -0.1) is 0 Å². The predicted molar refractivity (Wildman–Crippen MR) is 79.2 cm³/mol. The van der Waals surface area contributed by atoms with E-state index in [0.29, 0.717) is 10.6 Å². The Kier molecular flexibility index (Phi) is 3.91. The number of fused-ring (bicyclic) bond motifs is 1. The Morgan fingerprint density at radius 1 is 0.913 bits per heavy atom. The summed E-state index contributed by atoms with van der Waals surface area (Å²) < 4.78 is 5.13. The van der Waals surface area contributed by atoms with Crippen LogP contribution in [0.2, 0.25) is 0 Å². The van der Waals surface area contributed by atoms with Crippen LogP contribution < -0.4 is 0 Å². The standard InChI is InChI=1S/C17H13NO5/c1-22-14(11-7-3-2-4-8-11)17(21)23-18-15(19)12-9-5-6-10-13(12)16(18)20/h2-10,14H,1H3/t14-/m1/s1. The molecule has 0 spiro atoms. The molecule has 1 heterocycles. The Hall–Kier alpha value is -2.99. The molecule has 0 fully saturated rings. The zero-order valence-corrected chi connectivity index (χ0v) is 12.3. The Morgan fingerprint density at radius 3 is 1.96 bits per heavy atom. The van der Waals surface area contributed by atoms with Gasteiger partial charge in [-0.05, 0) is 17.7 Å². The fraction of sp³-hybridized carbons (Fsp3) is 0.118. The first-order valence-corrected chi connectivity index (χ1v) is 6.91. The molecule has 2 aromatic rings. The van der Waals surface area contributed by atoms with E-state index in [1.54, 1.807) is 42.5 Å². The molecule has 6 heteroatoms. The van der Waals surface area contributed by atoms with Crippen molar-refractivity contribution in [2.24, 2.45) is 0 Å². The fourth-order valence-electron chi connectivity index (χ4n) is 2.38. The molecule has 0 bridgehead atoms. The maximum absolute atomic E-state index is 12.3. The molecule has 1 aliphatic heterocycles. The highest BCUT2D eigenvalue weighted by atomic mass is 16.7. The Bertz CT molecular complexity index is 737. The number of hydroxylamine groups is 2. The van der Waals surface area contributed by atoms with Crippen LogP contribution in [0.1, 0.15) is 32.4 Å². The summed E-state index contributed by atoms with van der Waals surface area (Å²) in [4.78, 5) is 41.6. The van der Waals surface area contributed by atoms with Gasteiger partial charge in [0.1, 0.15) is 0 Å². The van der Waals surface area contributed by atoms with Gasteiger partial charge in [0, 0.05) is 7.11 Å². The van der Waals surface area contributed by atoms with E-state index in [1.807, 2.05) is 0 Å². The van der Waals surface area contributed by atoms with Gasteiger partial charge in [-0.25, -0.2) is 4.79 Å². The van der Waals surface area contributed by atoms with E-state index in [1.165, 1.54) is 19.2 Å². The number of nitrogens with zero attached hydrogens (tertiary/aromatic N) is 1. The van der Waals surface area contributed by atoms with Gasteiger partial charge < -0.3 is 9.57 Å². The lowest BCUT2D eigenvalue weighted by Gasteiger charge is -2.18. The van der Waals surface area contributed by atoms with Crippen molar-refractivity contribution in [1.82, 2.24) is 5.06 Å². The van der Waals surface area contributed by atoms with Gasteiger partial charge in [0.25, 0.3) is 11.8 Å². The average Bonchev–Trinajstić information content (AvgIpc) is 2.82. The first kappa shape index (κ1) is 14.9. The van der Waals surface area contributed by atoms with E-state index in [4.69, 9.17) is 9.57 Å². The van der Waals surface area contributed by atoms with E-state index in [0.717, 1.165) is 0 Å². The molecule has 0 radical (unpaired) electrons. The smallest absolute Gasteiger partial charge is 0.365 e. The summed E-state index contributed by atoms with van der Waals surface area (Å²) in [6.07, 6.45) is -1.03. The van der Waals surface area contributed by atoms with Crippen molar-refractivity contribution < 1.29 is 24.0 Å². The zero-order chi connectivity index (χ0) is 16.4. The molecule has 0 aliphatic carbocycles. The normalized spacial score (nSPS) is 14.6. The van der Waals surface area contributed by atoms with Crippen LogP contribution in [0.15, 0.2) is 54.6 Å². The number of hydrogen-bond acceptors (Lipinski definition) is 5. The molecule has 23 heavy (non-hydrogen) atoms. The van der Waals surface area contributed by atoms with Crippen LogP contribution in [0.4, 0.5) is 0 Å². The highest BCUT2D eigenvalue weighted by Crippen LogP contribution is 2.25. The van der Waals surface area contributed by atoms with E-state index >= 15 is 0 Å². The molecule has 116 valence electrons. The number of benzene rings is 2. The molecule has 1 aliphatic rings. The molecule has 6 nitrogen and oxygen atoms in total. The molecule has 0 N–H and O–H groups in total. The summed E-state index contributed by atoms with van der Waals surface area (Å²) in [5.41, 5.74) is 0.981. The third-order valence-corrected chi connectivity index (χ3v) is 3.49. The second-order valence-corrected chi connectivity index (χ2v) is 4.89. The Labute approximate surface area is 132 Å². The number of ether oxygens (including phenoxy) is 1. The van der Waals surface area contributed by atoms with E-state index in [2.05, 4.69) is 0 Å². The van der Waals surface area contributed by atoms with Gasteiger partial charge >= 0.3 is 5.97 Å². The van der Waals surface area contributed by atoms with Crippen molar-refractivity contribution in [2.75, 3.05) is 7.11 Å². The SMILES string of the molecule is CO[C@@H](C(=O)ON1C(=O)c2ccccc2C1=O)c1ccccc1. The van der Waals surface area contributed by atoms with E-state index in [9.17, 15) is 14.4 Å². The summed E-state index contributed by atoms with van der Waals surface area (Å²) in [6.45, 7) is 0. The number of carbonyl (C=O) groups excluding carboxylic acids is 3. The molecule has 1 atom stereocenters. The Balaban J connectivity index is 1.81. The number of imide groups is 1. The molecule has 3 rings (SSSR count). The summed E-state index contributed by atoms with van der Waals surface area (Å²) >= 11 is 0. The maximum atomic E-state index is 12.3. The summed E-state index contributed by atoms with van der Waals surface area (Å²) in [5.74, 6) is -2.17. The molecule has 2 aromatic carbocycles. The first-order chi connectivity index (χ1) is 11.1. The van der Waals surface area contributed by atoms with Crippen molar-refractivity contribution in [1.29, 1.82) is 0 Å². The minimum atomic E-state index is -1.03. The predicted octanol–water partition coefficient (Wildman–Crippen LogP) is 2.13. The van der Waals surface area contributed by atoms with E-state index < -0.39 is 23.9 Å². The highest BCUT2D eigenvalue weighted by Gasteiger charge is 2.40. The highest BCUT2D eigenvalue weighted by molar-refractivity contribution is 6.20. The van der Waals surface area contributed by atoms with Gasteiger partial charge in [-0.3, -0.25) is 9.59 Å². The molecule has 2 amide bonds. The molecular formula is C17H13NO5. The van der Waals surface area contributed by atoms with E-state index in [-0.39, 0.29) is 11.1 Å². The number of carbonyl (C=O) groups is 3. The number of amides is 2. The first-order valence-electron chi connectivity index (χ1n) is 6.91. The van der Waals surface area contributed by atoms with Crippen molar-refractivity contribution >= 4 is 17.8 Å². The molecule has 0 unspecified atom stereocenters. The summed E-state index contributed by atoms with van der Waals surface area (Å²) in [6, 6.07) is 15.0. The quantitative estimate of drug-likeness (QED) is 0.809.